The molecule has 0 unspecified atom stereocenters. The van der Waals surface area contributed by atoms with Gasteiger partial charge in [-0.25, -0.2) is 0 Å². The molecule has 0 aliphatic heterocycles. The zero-order chi connectivity index (χ0) is 14.1. The van der Waals surface area contributed by atoms with E-state index in [-0.39, 0.29) is 0 Å². The highest BCUT2D eigenvalue weighted by Crippen LogP contribution is 2.31. The summed E-state index contributed by atoms with van der Waals surface area (Å²) in [5.41, 5.74) is 12.6. The Balaban J connectivity index is 2.05. The van der Waals surface area contributed by atoms with Gasteiger partial charge in [0.15, 0.2) is 0 Å². The Bertz CT molecular complexity index is 689. The number of aromatic nitrogens is 1. The topological polar surface area (TPSA) is 38.9 Å². The van der Waals surface area contributed by atoms with Gasteiger partial charge in [-0.05, 0) is 66.3 Å². The van der Waals surface area contributed by atoms with Crippen LogP contribution in [0, 0.1) is 0 Å². The summed E-state index contributed by atoms with van der Waals surface area (Å²) >= 11 is 6.08. The number of fused-ring (bicyclic) bond motifs is 1. The number of benzene rings is 1. The van der Waals surface area contributed by atoms with Gasteiger partial charge in [0.2, 0.25) is 0 Å². The lowest BCUT2D eigenvalue weighted by molar-refractivity contribution is 0.972. The third-order valence-electron chi connectivity index (χ3n) is 3.69. The maximum atomic E-state index is 6.08. The molecule has 0 spiro atoms. The predicted molar refractivity (Wildman–Crippen MR) is 85.7 cm³/mol. The van der Waals surface area contributed by atoms with Crippen LogP contribution in [0.15, 0.2) is 30.3 Å². The number of anilines is 1. The second kappa shape index (κ2) is 5.29. The van der Waals surface area contributed by atoms with Crippen LogP contribution in [0.4, 0.5) is 5.69 Å². The number of nitrogens with zero attached hydrogens (tertiary/aromatic N) is 1. The number of allylic oxidation sites excluding steroid dienone is 1. The van der Waals surface area contributed by atoms with E-state index < -0.39 is 0 Å². The Morgan fingerprint density at radius 3 is 2.85 bits per heavy atom. The first-order valence-electron chi connectivity index (χ1n) is 6.91. The lowest BCUT2D eigenvalue weighted by Gasteiger charge is -2.17. The third kappa shape index (κ3) is 2.56. The second-order valence-corrected chi connectivity index (χ2v) is 5.58. The van der Waals surface area contributed by atoms with Crippen LogP contribution in [0.25, 0.3) is 11.6 Å². The summed E-state index contributed by atoms with van der Waals surface area (Å²) in [6, 6.07) is 9.98. The van der Waals surface area contributed by atoms with Crippen LogP contribution in [0.3, 0.4) is 0 Å². The van der Waals surface area contributed by atoms with E-state index in [1.807, 2.05) is 24.3 Å². The Morgan fingerprint density at radius 2 is 2.05 bits per heavy atom. The maximum Gasteiger partial charge on any atom is 0.0685 e. The molecule has 0 fully saturated rings. The summed E-state index contributed by atoms with van der Waals surface area (Å²) < 4.78 is 0. The van der Waals surface area contributed by atoms with Gasteiger partial charge in [-0.1, -0.05) is 24.6 Å². The van der Waals surface area contributed by atoms with Crippen LogP contribution in [0.2, 0.25) is 5.02 Å². The molecule has 2 aromatic rings. The summed E-state index contributed by atoms with van der Waals surface area (Å²) in [7, 11) is 0. The van der Waals surface area contributed by atoms with Crippen molar-refractivity contribution in [2.24, 2.45) is 0 Å². The van der Waals surface area contributed by atoms with E-state index in [1.165, 1.54) is 16.7 Å². The molecule has 1 aliphatic carbocycles. The average molecular weight is 285 g/mol. The minimum atomic E-state index is 0.774. The van der Waals surface area contributed by atoms with Crippen molar-refractivity contribution in [2.45, 2.75) is 26.2 Å². The van der Waals surface area contributed by atoms with E-state index in [0.717, 1.165) is 41.4 Å². The quantitative estimate of drug-likeness (QED) is 0.889. The Morgan fingerprint density at radius 1 is 1.20 bits per heavy atom. The zero-order valence-corrected chi connectivity index (χ0v) is 12.2. The molecule has 2 N–H and O–H groups in total. The molecule has 0 saturated carbocycles. The maximum absolute atomic E-state index is 6.08. The van der Waals surface area contributed by atoms with Gasteiger partial charge in [0.05, 0.1) is 5.69 Å². The molecule has 3 heteroatoms. The van der Waals surface area contributed by atoms with Crippen molar-refractivity contribution >= 4 is 28.9 Å². The van der Waals surface area contributed by atoms with Crippen LogP contribution in [0.5, 0.6) is 0 Å². The molecule has 20 heavy (non-hydrogen) atoms. The number of nitrogen functional groups attached to an aromatic ring is 1. The number of hydrogen-bond donors (Lipinski definition) is 1. The second-order valence-electron chi connectivity index (χ2n) is 5.14. The SMILES string of the molecule is CCc1cc(N)cc(C2=Cc3cc(Cl)ccc3CC2)n1. The van der Waals surface area contributed by atoms with Gasteiger partial charge in [-0.3, -0.25) is 4.98 Å². The molecule has 1 aromatic carbocycles. The van der Waals surface area contributed by atoms with E-state index in [1.54, 1.807) is 0 Å². The molecule has 0 atom stereocenters. The van der Waals surface area contributed by atoms with Crippen molar-refractivity contribution in [1.29, 1.82) is 0 Å². The molecule has 0 bridgehead atoms. The molecule has 0 saturated heterocycles. The highest BCUT2D eigenvalue weighted by Gasteiger charge is 2.14. The largest absolute Gasteiger partial charge is 0.399 e. The molecule has 2 nitrogen and oxygen atoms in total. The first-order chi connectivity index (χ1) is 9.65. The molecule has 3 rings (SSSR count). The van der Waals surface area contributed by atoms with Gasteiger partial charge in [0.25, 0.3) is 0 Å². The minimum absolute atomic E-state index is 0.774. The van der Waals surface area contributed by atoms with Crippen molar-refractivity contribution in [3.8, 4) is 0 Å². The van der Waals surface area contributed by atoms with Crippen LogP contribution in [-0.4, -0.2) is 4.98 Å². The predicted octanol–water partition coefficient (Wildman–Crippen LogP) is 4.37. The van der Waals surface area contributed by atoms with Crippen LogP contribution < -0.4 is 5.73 Å². The van der Waals surface area contributed by atoms with E-state index in [0.29, 0.717) is 0 Å². The monoisotopic (exact) mass is 284 g/mol. The first-order valence-corrected chi connectivity index (χ1v) is 7.29. The van der Waals surface area contributed by atoms with Gasteiger partial charge < -0.3 is 5.73 Å². The van der Waals surface area contributed by atoms with Crippen molar-refractivity contribution in [3.05, 3.63) is 57.9 Å². The van der Waals surface area contributed by atoms with E-state index in [4.69, 9.17) is 17.3 Å². The number of rotatable bonds is 2. The number of nitrogens with two attached hydrogens (primary N) is 1. The molecule has 1 aliphatic rings. The van der Waals surface area contributed by atoms with Crippen molar-refractivity contribution in [2.75, 3.05) is 5.73 Å². The van der Waals surface area contributed by atoms with Crippen LogP contribution in [-0.2, 0) is 12.8 Å². The fraction of sp³-hybridized carbons (Fsp3) is 0.235. The summed E-state index contributed by atoms with van der Waals surface area (Å²) in [6.45, 7) is 2.09. The number of aryl methyl sites for hydroxylation is 2. The van der Waals surface area contributed by atoms with Gasteiger partial charge >= 0.3 is 0 Å². The summed E-state index contributed by atoms with van der Waals surface area (Å²) in [5.74, 6) is 0. The van der Waals surface area contributed by atoms with Crippen molar-refractivity contribution in [1.82, 2.24) is 4.98 Å². The number of hydrogen-bond acceptors (Lipinski definition) is 2. The standard InChI is InChI=1S/C17H17ClN2/c1-2-16-9-15(19)10-17(20-16)12-4-3-11-5-6-14(18)8-13(11)7-12/h5-10H,2-4H2,1H3,(H2,19,20). The van der Waals surface area contributed by atoms with E-state index in [2.05, 4.69) is 24.1 Å². The Hall–Kier alpha value is -1.80. The smallest absolute Gasteiger partial charge is 0.0685 e. The lowest BCUT2D eigenvalue weighted by atomic mass is 9.90. The molecule has 0 amide bonds. The summed E-state index contributed by atoms with van der Waals surface area (Å²) in [6.07, 6.45) is 5.10. The van der Waals surface area contributed by atoms with Gasteiger partial charge in [0.1, 0.15) is 0 Å². The molecular formula is C17H17ClN2. The molecular weight excluding hydrogens is 268 g/mol. The fourth-order valence-electron chi connectivity index (χ4n) is 2.62. The number of pyridine rings is 1. The normalized spacial score (nSPS) is 13.8. The Kier molecular flexibility index (Phi) is 3.49. The first kappa shape index (κ1) is 13.2. The molecule has 1 heterocycles. The highest BCUT2D eigenvalue weighted by atomic mass is 35.5. The number of halogens is 1. The molecule has 1 aromatic heterocycles. The Labute approximate surface area is 124 Å². The van der Waals surface area contributed by atoms with Crippen molar-refractivity contribution < 1.29 is 0 Å². The lowest BCUT2D eigenvalue weighted by Crippen LogP contribution is -2.03. The van der Waals surface area contributed by atoms with Gasteiger partial charge in [-0.15, -0.1) is 0 Å². The highest BCUT2D eigenvalue weighted by molar-refractivity contribution is 6.30. The molecule has 0 radical (unpaired) electrons. The van der Waals surface area contributed by atoms with Gasteiger partial charge in [-0.2, -0.15) is 0 Å². The van der Waals surface area contributed by atoms with Crippen LogP contribution in [0.1, 0.15) is 35.9 Å². The third-order valence-corrected chi connectivity index (χ3v) is 3.93. The van der Waals surface area contributed by atoms with E-state index >= 15 is 0 Å². The van der Waals surface area contributed by atoms with E-state index in [9.17, 15) is 0 Å². The average Bonchev–Trinajstić information content (AvgIpc) is 2.45. The fourth-order valence-corrected chi connectivity index (χ4v) is 2.80. The minimum Gasteiger partial charge on any atom is -0.399 e. The molecule has 102 valence electrons. The zero-order valence-electron chi connectivity index (χ0n) is 11.5. The van der Waals surface area contributed by atoms with Gasteiger partial charge in [0, 0.05) is 16.4 Å². The summed E-state index contributed by atoms with van der Waals surface area (Å²) in [4.78, 5) is 4.69. The van der Waals surface area contributed by atoms with Crippen molar-refractivity contribution in [3.63, 3.8) is 0 Å². The van der Waals surface area contributed by atoms with Crippen LogP contribution >= 0.6 is 11.6 Å². The summed E-state index contributed by atoms with van der Waals surface area (Å²) in [5, 5.41) is 0.774.